The Bertz CT molecular complexity index is 517. The summed E-state index contributed by atoms with van der Waals surface area (Å²) in [5.41, 5.74) is 1.21. The van der Waals surface area contributed by atoms with E-state index in [1.54, 1.807) is 0 Å². The van der Waals surface area contributed by atoms with Crippen LogP contribution in [0.15, 0.2) is 42.2 Å². The molecular formula is C12H9OP. The maximum Gasteiger partial charge on any atom is 0.131 e. The Morgan fingerprint density at radius 3 is 2.93 bits per heavy atom. The van der Waals surface area contributed by atoms with Crippen molar-refractivity contribution < 1.29 is 4.52 Å². The first-order valence-corrected chi connectivity index (χ1v) is 5.54. The van der Waals surface area contributed by atoms with Gasteiger partial charge in [0.1, 0.15) is 5.75 Å². The lowest BCUT2D eigenvalue weighted by atomic mass is 10.0. The molecule has 3 rings (SSSR count). The van der Waals surface area contributed by atoms with E-state index in [1.165, 1.54) is 16.3 Å². The fourth-order valence-corrected chi connectivity index (χ4v) is 2.36. The average Bonchev–Trinajstić information content (AvgIpc) is 2.29. The lowest BCUT2D eigenvalue weighted by Gasteiger charge is -2.13. The maximum absolute atomic E-state index is 5.57. The van der Waals surface area contributed by atoms with Crippen molar-refractivity contribution in [3.8, 4) is 5.75 Å². The summed E-state index contributed by atoms with van der Waals surface area (Å²) in [6.45, 7) is 0. The van der Waals surface area contributed by atoms with Crippen molar-refractivity contribution in [1.29, 1.82) is 0 Å². The Morgan fingerprint density at radius 1 is 1.00 bits per heavy atom. The van der Waals surface area contributed by atoms with Gasteiger partial charge >= 0.3 is 0 Å². The van der Waals surface area contributed by atoms with Crippen LogP contribution in [0, 0.1) is 0 Å². The van der Waals surface area contributed by atoms with Gasteiger partial charge in [-0.2, -0.15) is 0 Å². The van der Waals surface area contributed by atoms with Crippen molar-refractivity contribution in [2.45, 2.75) is 0 Å². The molecule has 0 spiro atoms. The van der Waals surface area contributed by atoms with Crippen molar-refractivity contribution in [2.24, 2.45) is 0 Å². The zero-order chi connectivity index (χ0) is 9.38. The molecule has 0 radical (unpaired) electrons. The third kappa shape index (κ3) is 1.13. The Morgan fingerprint density at radius 2 is 1.93 bits per heavy atom. The maximum atomic E-state index is 5.57. The Kier molecular flexibility index (Phi) is 1.78. The van der Waals surface area contributed by atoms with Crippen LogP contribution in [0.3, 0.4) is 0 Å². The summed E-state index contributed by atoms with van der Waals surface area (Å²) in [5.74, 6) is 3.08. The number of hydrogen-bond acceptors (Lipinski definition) is 1. The van der Waals surface area contributed by atoms with Gasteiger partial charge in [0.15, 0.2) is 0 Å². The number of rotatable bonds is 0. The second kappa shape index (κ2) is 3.11. The van der Waals surface area contributed by atoms with Crippen molar-refractivity contribution in [3.63, 3.8) is 0 Å². The molecule has 2 aromatic carbocycles. The molecule has 0 fully saturated rings. The van der Waals surface area contributed by atoms with Gasteiger partial charge in [-0.25, -0.2) is 0 Å². The monoisotopic (exact) mass is 200 g/mol. The van der Waals surface area contributed by atoms with E-state index >= 15 is 0 Å². The molecule has 14 heavy (non-hydrogen) atoms. The molecule has 0 aromatic heterocycles. The van der Waals surface area contributed by atoms with Gasteiger partial charge in [-0.3, -0.25) is 0 Å². The molecule has 0 amide bonds. The van der Waals surface area contributed by atoms with Gasteiger partial charge in [0, 0.05) is 5.56 Å². The van der Waals surface area contributed by atoms with Crippen molar-refractivity contribution >= 4 is 25.7 Å². The minimum Gasteiger partial charge on any atom is -0.472 e. The molecule has 1 heterocycles. The Hall–Kier alpha value is -1.33. The minimum atomic E-state index is 0.459. The van der Waals surface area contributed by atoms with Crippen LogP contribution >= 0.6 is 8.81 Å². The van der Waals surface area contributed by atoms with Gasteiger partial charge in [-0.15, -0.1) is 0 Å². The molecular weight excluding hydrogens is 191 g/mol. The molecule has 0 saturated heterocycles. The second-order valence-corrected chi connectivity index (χ2v) is 4.02. The summed E-state index contributed by atoms with van der Waals surface area (Å²) < 4.78 is 5.57. The normalized spacial score (nSPS) is 15.4. The Labute approximate surface area is 84.3 Å². The summed E-state index contributed by atoms with van der Waals surface area (Å²) in [4.78, 5) is 0. The molecule has 0 aliphatic carbocycles. The quantitative estimate of drug-likeness (QED) is 0.588. The van der Waals surface area contributed by atoms with Crippen molar-refractivity contribution in [2.75, 3.05) is 0 Å². The van der Waals surface area contributed by atoms with Crippen LogP contribution < -0.4 is 4.52 Å². The highest BCUT2D eigenvalue weighted by Gasteiger charge is 2.08. The van der Waals surface area contributed by atoms with Gasteiger partial charge in [0.2, 0.25) is 0 Å². The van der Waals surface area contributed by atoms with Gasteiger partial charge in [-0.1, -0.05) is 30.3 Å². The smallest absolute Gasteiger partial charge is 0.131 e. The highest BCUT2D eigenvalue weighted by atomic mass is 31.1. The second-order valence-electron chi connectivity index (χ2n) is 3.25. The van der Waals surface area contributed by atoms with E-state index in [4.69, 9.17) is 4.52 Å². The minimum absolute atomic E-state index is 0.459. The molecule has 1 aliphatic rings. The summed E-state index contributed by atoms with van der Waals surface area (Å²) >= 11 is 0. The Balaban J connectivity index is 2.42. The van der Waals surface area contributed by atoms with E-state index in [0.717, 1.165) is 5.75 Å². The van der Waals surface area contributed by atoms with Gasteiger partial charge in [-0.05, 0) is 28.7 Å². The summed E-state index contributed by atoms with van der Waals surface area (Å²) in [5, 5.41) is 2.54. The predicted molar refractivity (Wildman–Crippen MR) is 61.9 cm³/mol. The van der Waals surface area contributed by atoms with Crippen LogP contribution in [0.25, 0.3) is 16.8 Å². The van der Waals surface area contributed by atoms with Gasteiger partial charge in [0.05, 0.1) is 8.81 Å². The van der Waals surface area contributed by atoms with Crippen LogP contribution in [0.1, 0.15) is 5.56 Å². The average molecular weight is 200 g/mol. The third-order valence-electron chi connectivity index (χ3n) is 2.42. The number of fused-ring (bicyclic) bond motifs is 3. The lowest BCUT2D eigenvalue weighted by Crippen LogP contribution is -1.88. The molecule has 1 nitrogen and oxygen atoms in total. The van der Waals surface area contributed by atoms with E-state index < -0.39 is 0 Å². The first kappa shape index (κ1) is 8.02. The van der Waals surface area contributed by atoms with E-state index in [-0.39, 0.29) is 0 Å². The largest absolute Gasteiger partial charge is 0.472 e. The number of hydrogen-bond donors (Lipinski definition) is 0. The predicted octanol–water partition coefficient (Wildman–Crippen LogP) is 3.80. The molecule has 0 bridgehead atoms. The first-order chi connectivity index (χ1) is 6.95. The molecule has 2 heteroatoms. The van der Waals surface area contributed by atoms with Crippen LogP contribution in [-0.4, -0.2) is 0 Å². The van der Waals surface area contributed by atoms with E-state index in [0.29, 0.717) is 8.81 Å². The topological polar surface area (TPSA) is 9.23 Å². The fourth-order valence-electron chi connectivity index (χ4n) is 1.75. The number of benzene rings is 2. The third-order valence-corrected chi connectivity index (χ3v) is 3.06. The molecule has 1 aliphatic heterocycles. The molecule has 0 saturated carbocycles. The van der Waals surface area contributed by atoms with E-state index in [9.17, 15) is 0 Å². The highest BCUT2D eigenvalue weighted by molar-refractivity contribution is 7.37. The summed E-state index contributed by atoms with van der Waals surface area (Å²) in [6.07, 6.45) is 2.15. The van der Waals surface area contributed by atoms with E-state index in [1.807, 2.05) is 6.07 Å². The van der Waals surface area contributed by atoms with Crippen molar-refractivity contribution in [1.82, 2.24) is 0 Å². The van der Waals surface area contributed by atoms with Crippen molar-refractivity contribution in [3.05, 3.63) is 47.8 Å². The summed E-state index contributed by atoms with van der Waals surface area (Å²) in [7, 11) is 0.459. The lowest BCUT2D eigenvalue weighted by molar-refractivity contribution is 0.635. The SMILES string of the molecule is C1=Cc2c(ccc3ccccc23)OP1. The van der Waals surface area contributed by atoms with Crippen LogP contribution in [-0.2, 0) is 0 Å². The van der Waals surface area contributed by atoms with Crippen LogP contribution in [0.4, 0.5) is 0 Å². The first-order valence-electron chi connectivity index (χ1n) is 4.56. The molecule has 1 atom stereocenters. The van der Waals surface area contributed by atoms with Gasteiger partial charge in [0.25, 0.3) is 0 Å². The van der Waals surface area contributed by atoms with E-state index in [2.05, 4.69) is 42.2 Å². The standard InChI is InChI=1S/C12H9OP/c1-2-4-10-9(3-1)5-6-12-11(10)7-8-14-13-12/h1-8,14H. The molecule has 2 aromatic rings. The molecule has 0 N–H and O–H groups in total. The van der Waals surface area contributed by atoms with Gasteiger partial charge < -0.3 is 4.52 Å². The summed E-state index contributed by atoms with van der Waals surface area (Å²) in [6, 6.07) is 12.5. The zero-order valence-electron chi connectivity index (χ0n) is 7.53. The molecule has 68 valence electrons. The zero-order valence-corrected chi connectivity index (χ0v) is 8.53. The molecule has 1 unspecified atom stereocenters. The van der Waals surface area contributed by atoms with Crippen LogP contribution in [0.2, 0.25) is 0 Å². The van der Waals surface area contributed by atoms with Crippen LogP contribution in [0.5, 0.6) is 5.75 Å². The highest BCUT2D eigenvalue weighted by Crippen LogP contribution is 2.37. The fraction of sp³-hybridized carbons (Fsp3) is 0.